The molecule has 3 aliphatic heterocycles. The lowest BCUT2D eigenvalue weighted by atomic mass is 9.99. The topological polar surface area (TPSA) is 281 Å². The van der Waals surface area contributed by atoms with Crippen molar-refractivity contribution in [2.45, 2.75) is 136 Å². The Labute approximate surface area is 834 Å². The van der Waals surface area contributed by atoms with E-state index in [2.05, 4.69) is 141 Å². The lowest BCUT2D eigenvalue weighted by molar-refractivity contribution is -0.577. The monoisotopic (exact) mass is 1980 g/mol. The number of halogens is 8. The van der Waals surface area contributed by atoms with Crippen LogP contribution in [-0.2, 0) is 0 Å². The molecule has 29 heteroatoms. The van der Waals surface area contributed by atoms with Crippen LogP contribution in [0.5, 0.6) is 0 Å². The van der Waals surface area contributed by atoms with Crippen molar-refractivity contribution in [1.82, 2.24) is 41.2 Å². The Hall–Kier alpha value is -11.6. The summed E-state index contributed by atoms with van der Waals surface area (Å²) in [5.74, 6) is 0.449. The summed E-state index contributed by atoms with van der Waals surface area (Å²) in [5, 5.41) is 43.0. The summed E-state index contributed by atoms with van der Waals surface area (Å²) in [6.45, 7) is 26.2. The Morgan fingerprint density at radius 3 is 1.06 bits per heavy atom. The number of benzene rings is 10. The van der Waals surface area contributed by atoms with Gasteiger partial charge in [-0.3, -0.25) is 29.0 Å². The molecule has 4 amide bonds. The molecule has 0 saturated carbocycles. The van der Waals surface area contributed by atoms with Gasteiger partial charge in [-0.2, -0.15) is 4.73 Å². The van der Waals surface area contributed by atoms with E-state index in [0.29, 0.717) is 93.0 Å². The summed E-state index contributed by atoms with van der Waals surface area (Å²) in [5.41, 5.74) is 14.4. The number of nitrogens with two attached hydrogens (primary N) is 1. The van der Waals surface area contributed by atoms with Crippen LogP contribution in [0.4, 0.5) is 28.8 Å². The summed E-state index contributed by atoms with van der Waals surface area (Å²) in [6, 6.07) is 85.0. The second kappa shape index (κ2) is 50.4. The zero-order valence-corrected chi connectivity index (χ0v) is 83.2. The Morgan fingerprint density at radius 1 is 0.368 bits per heavy atom. The standard InChI is InChI=1S/2C25H29ClN4O.C16H10Cl2N2O.C9H6ClNO.C9H6ClN.C9H20N2.C7H6ClNO.C7H5ClO/c2*1-25(2,3)29-19-12-14-30(15-13-19)22-16-23(27-21-7-5-4-6-20(21)22)28-24(31)17-8-10-18(26)11-9-17;17-11-7-5-10(6-8-11)16(21)20-15-9-13(18)12-3-1-2-4-14(12)19-15;10-8-5-6-11(12)9-4-2-1-3-7(8)9;10-8-5-6-11-9-4-2-1-3-7(8)9;1-9(2,3)11-8-4-6-10-7-5-8;8-6-3-1-5(2-4-6)7(9)10;8-7(9)6-4-2-1-3-5-6/h2*4-11,16,19,29H,12-15H2,1-3H3,(H,27,28,31);1-9H,(H,19,20,21);1-6H;1-6H;8,10-11H,4-7H2,1-3H3;1-4H,(H2,9,10);1-5H. The molecule has 0 radical (unpaired) electrons. The fraction of sp³-hybridized carbons (Fsp3) is 0.252. The molecule has 0 aliphatic carbocycles. The van der Waals surface area contributed by atoms with Crippen molar-refractivity contribution in [3.05, 3.63) is 360 Å². The van der Waals surface area contributed by atoms with Crippen LogP contribution < -0.4 is 57.5 Å². The molecule has 9 N–H and O–H groups in total. The van der Waals surface area contributed by atoms with E-state index in [1.165, 1.54) is 32.1 Å². The third-order valence-corrected chi connectivity index (χ3v) is 23.7. The molecule has 3 fully saturated rings. The molecule has 706 valence electrons. The molecule has 3 saturated heterocycles. The number of aromatic nitrogens is 5. The minimum atomic E-state index is -0.434. The van der Waals surface area contributed by atoms with Gasteiger partial charge in [0.05, 0.1) is 42.5 Å². The van der Waals surface area contributed by atoms with Crippen LogP contribution in [0, 0.1) is 5.21 Å². The van der Waals surface area contributed by atoms with Crippen LogP contribution in [0.3, 0.4) is 0 Å². The van der Waals surface area contributed by atoms with Crippen molar-refractivity contribution in [3.8, 4) is 0 Å². The maximum Gasteiger partial charge on any atom is 0.256 e. The molecule has 18 rings (SSSR count). The van der Waals surface area contributed by atoms with Gasteiger partial charge in [0.2, 0.25) is 11.4 Å². The summed E-state index contributed by atoms with van der Waals surface area (Å²) in [6.07, 6.45) is 10.0. The Balaban J connectivity index is 0.000000157. The van der Waals surface area contributed by atoms with Crippen LogP contribution >= 0.6 is 92.8 Å². The van der Waals surface area contributed by atoms with Gasteiger partial charge in [-0.1, -0.05) is 196 Å². The first-order chi connectivity index (χ1) is 64.9. The smallest absolute Gasteiger partial charge is 0.256 e. The van der Waals surface area contributed by atoms with Crippen LogP contribution in [0.25, 0.3) is 54.5 Å². The fourth-order valence-electron chi connectivity index (χ4n) is 15.3. The maximum atomic E-state index is 12.7. The zero-order chi connectivity index (χ0) is 97.6. The number of hydrogen-bond donors (Lipinski definition) is 8. The molecule has 21 nitrogen and oxygen atoms in total. The molecule has 136 heavy (non-hydrogen) atoms. The molecular weight excluding hydrogens is 1870 g/mol. The van der Waals surface area contributed by atoms with E-state index in [0.717, 1.165) is 128 Å². The van der Waals surface area contributed by atoms with Crippen molar-refractivity contribution in [3.63, 3.8) is 0 Å². The van der Waals surface area contributed by atoms with Gasteiger partial charge < -0.3 is 58.0 Å². The zero-order valence-electron chi connectivity index (χ0n) is 77.1. The quantitative estimate of drug-likeness (QED) is 0.0303. The average molecular weight is 1990 g/mol. The van der Waals surface area contributed by atoms with E-state index >= 15 is 0 Å². The molecular formula is C107H111Cl8N15O6. The van der Waals surface area contributed by atoms with E-state index in [1.54, 1.807) is 152 Å². The summed E-state index contributed by atoms with van der Waals surface area (Å²) in [7, 11) is 0. The van der Waals surface area contributed by atoms with Gasteiger partial charge in [-0.15, -0.1) is 0 Å². The number of rotatable bonds is 13. The Kier molecular flexibility index (Phi) is 38.9. The highest BCUT2D eigenvalue weighted by atomic mass is 35.5. The number of nitrogens with zero attached hydrogens (tertiary/aromatic N) is 7. The van der Waals surface area contributed by atoms with Gasteiger partial charge in [-0.05, 0) is 259 Å². The lowest BCUT2D eigenvalue weighted by Gasteiger charge is -2.37. The first kappa shape index (κ1) is 105. The van der Waals surface area contributed by atoms with Crippen molar-refractivity contribution in [2.24, 2.45) is 5.73 Å². The maximum absolute atomic E-state index is 12.7. The van der Waals surface area contributed by atoms with Crippen molar-refractivity contribution in [1.29, 1.82) is 0 Å². The van der Waals surface area contributed by atoms with Gasteiger partial charge >= 0.3 is 0 Å². The number of amides is 4. The Bertz CT molecular complexity index is 6290. The third kappa shape index (κ3) is 33.1. The number of piperidine rings is 3. The molecule has 0 unspecified atom stereocenters. The fourth-order valence-corrected chi connectivity index (χ4v) is 16.6. The first-order valence-corrected chi connectivity index (χ1v) is 47.6. The summed E-state index contributed by atoms with van der Waals surface area (Å²) in [4.78, 5) is 81.2. The summed E-state index contributed by atoms with van der Waals surface area (Å²) >= 11 is 46.4. The van der Waals surface area contributed by atoms with Gasteiger partial charge in [0, 0.05) is 178 Å². The molecule has 5 aromatic heterocycles. The number of hydrogen-bond acceptors (Lipinski definition) is 16. The van der Waals surface area contributed by atoms with Crippen LogP contribution in [0.15, 0.2) is 291 Å². The largest absolute Gasteiger partial charge is 0.618 e. The molecule has 3 aliphatic rings. The number of para-hydroxylation sites is 5. The normalized spacial score (nSPS) is 13.4. The minimum Gasteiger partial charge on any atom is -0.618 e. The van der Waals surface area contributed by atoms with Crippen LogP contribution in [0.1, 0.15) is 153 Å². The van der Waals surface area contributed by atoms with Crippen LogP contribution in [0.2, 0.25) is 35.2 Å². The van der Waals surface area contributed by atoms with Gasteiger partial charge in [0.25, 0.3) is 23.0 Å². The van der Waals surface area contributed by atoms with Crippen molar-refractivity contribution in [2.75, 3.05) is 65.0 Å². The molecule has 0 bridgehead atoms. The average Bonchev–Trinajstić information content (AvgIpc) is 0.785. The second-order valence-electron chi connectivity index (χ2n) is 35.5. The minimum absolute atomic E-state index is 0.120. The number of fused-ring (bicyclic) bond motifs is 5. The SMILES string of the molecule is CC(C)(C)NC1CCN(c2cc(NC(=O)c3ccc(Cl)cc3)nc3ccccc23)CC1.CC(C)(C)NC1CCN(c2cc(NC(=O)c3ccc(Cl)cc3)nc3ccccc23)CC1.CC(C)(C)NC1CCNCC1.Clc1ccnc2ccccc12.NC(=O)c1ccc(Cl)cc1.O=C(Cl)c1ccccc1.O=C(Nc1cc(Cl)c2ccccc2n1)c1ccc(Cl)cc1.[O-][n+]1ccc(Cl)c2ccccc21. The van der Waals surface area contributed by atoms with Gasteiger partial charge in [0.1, 0.15) is 17.5 Å². The number of carbonyl (C=O) groups excluding carboxylic acids is 5. The predicted molar refractivity (Wildman–Crippen MR) is 565 cm³/mol. The predicted octanol–water partition coefficient (Wildman–Crippen LogP) is 25.4. The van der Waals surface area contributed by atoms with Crippen LogP contribution in [-0.4, -0.2) is 123 Å². The highest BCUT2D eigenvalue weighted by Crippen LogP contribution is 2.35. The number of nitrogens with one attached hydrogen (secondary N) is 7. The lowest BCUT2D eigenvalue weighted by Crippen LogP contribution is -2.49. The van der Waals surface area contributed by atoms with Crippen molar-refractivity contribution < 1.29 is 28.7 Å². The molecule has 10 aromatic carbocycles. The number of anilines is 5. The summed E-state index contributed by atoms with van der Waals surface area (Å²) < 4.78 is 0.807. The van der Waals surface area contributed by atoms with E-state index in [4.69, 9.17) is 98.5 Å². The van der Waals surface area contributed by atoms with Gasteiger partial charge in [-0.25, -0.2) is 15.0 Å². The van der Waals surface area contributed by atoms with E-state index in [1.807, 2.05) is 121 Å². The molecule has 0 atom stereocenters. The first-order valence-electron chi connectivity index (χ1n) is 44.6. The molecule has 15 aromatic rings. The van der Waals surface area contributed by atoms with Crippen molar-refractivity contribution >= 4 is 205 Å². The second-order valence-corrected chi connectivity index (χ2v) is 38.8. The highest BCUT2D eigenvalue weighted by molar-refractivity contribution is 6.67. The third-order valence-electron chi connectivity index (χ3n) is 21.5. The Morgan fingerprint density at radius 2 is 0.691 bits per heavy atom. The van der Waals surface area contributed by atoms with E-state index < -0.39 is 11.1 Å². The van der Waals surface area contributed by atoms with Gasteiger partial charge in [0.15, 0.2) is 6.20 Å². The number of primary amides is 1. The number of pyridine rings is 5. The number of carbonyl (C=O) groups is 5. The van der Waals surface area contributed by atoms with E-state index in [9.17, 15) is 29.2 Å². The highest BCUT2D eigenvalue weighted by Gasteiger charge is 2.28. The van der Waals surface area contributed by atoms with E-state index in [-0.39, 0.29) is 34.3 Å². The molecule has 8 heterocycles. The molecule has 0 spiro atoms.